The van der Waals surface area contributed by atoms with Gasteiger partial charge in [0.1, 0.15) is 24.6 Å². The summed E-state index contributed by atoms with van der Waals surface area (Å²) in [5.74, 6) is -0.448. The number of nitro groups is 1. The number of hydrogen-bond donors (Lipinski definition) is 2. The molecule has 0 aliphatic carbocycles. The van der Waals surface area contributed by atoms with Crippen molar-refractivity contribution in [3.05, 3.63) is 22.5 Å². The number of aliphatic hydroxyl groups excluding tert-OH is 2. The van der Waals surface area contributed by atoms with E-state index in [0.717, 1.165) is 4.57 Å². The minimum atomic E-state index is -1.15. The Balaban J connectivity index is 2.29. The average molecular weight is 264 g/mol. The lowest BCUT2D eigenvalue weighted by Crippen LogP contribution is -2.28. The highest BCUT2D eigenvalue weighted by atomic mass is 35.5. The molecule has 2 rings (SSSR count). The van der Waals surface area contributed by atoms with Gasteiger partial charge in [-0.2, -0.15) is 4.57 Å². The number of aromatic nitrogens is 2. The van der Waals surface area contributed by atoms with Crippen LogP contribution < -0.4 is 0 Å². The van der Waals surface area contributed by atoms with E-state index in [-0.39, 0.29) is 6.61 Å². The molecule has 0 radical (unpaired) electrons. The van der Waals surface area contributed by atoms with Crippen LogP contribution in [0.2, 0.25) is 0 Å². The van der Waals surface area contributed by atoms with Gasteiger partial charge in [-0.05, 0) is 4.92 Å². The van der Waals surface area contributed by atoms with Crippen molar-refractivity contribution in [3.8, 4) is 0 Å². The molecule has 1 aliphatic heterocycles. The van der Waals surface area contributed by atoms with Crippen LogP contribution in [0.5, 0.6) is 0 Å². The van der Waals surface area contributed by atoms with Crippen molar-refractivity contribution in [2.45, 2.75) is 23.8 Å². The van der Waals surface area contributed by atoms with Crippen LogP contribution >= 0.6 is 11.6 Å². The topological polar surface area (TPSA) is 111 Å². The maximum atomic E-state index is 10.7. The Hall–Kier alpha value is -1.22. The standard InChI is InChI=1S/C8H10ClN3O5/c9-5-4(3-13)17-7(6(5)14)11-2-1-10-8(11)12(15)16/h1-2,4-7,13-14H,3H2/t4-,5-,6-,7?/m1/s1. The summed E-state index contributed by atoms with van der Waals surface area (Å²) in [4.78, 5) is 13.5. The number of imidazole rings is 1. The van der Waals surface area contributed by atoms with E-state index in [9.17, 15) is 15.2 Å². The van der Waals surface area contributed by atoms with E-state index in [4.69, 9.17) is 21.4 Å². The fourth-order valence-corrected chi connectivity index (χ4v) is 1.99. The third-order valence-electron chi connectivity index (χ3n) is 2.55. The van der Waals surface area contributed by atoms with Gasteiger partial charge in [0.25, 0.3) is 0 Å². The first kappa shape index (κ1) is 12.2. The fourth-order valence-electron chi connectivity index (χ4n) is 1.73. The van der Waals surface area contributed by atoms with Crippen LogP contribution in [0, 0.1) is 10.1 Å². The minimum absolute atomic E-state index is 0.371. The lowest BCUT2D eigenvalue weighted by atomic mass is 10.2. The van der Waals surface area contributed by atoms with E-state index >= 15 is 0 Å². The van der Waals surface area contributed by atoms with Gasteiger partial charge >= 0.3 is 5.95 Å². The van der Waals surface area contributed by atoms with E-state index in [1.165, 1.54) is 12.4 Å². The number of ether oxygens (including phenoxy) is 1. The predicted octanol–water partition coefficient (Wildman–Crippen LogP) is -0.351. The van der Waals surface area contributed by atoms with Crippen molar-refractivity contribution in [1.29, 1.82) is 0 Å². The molecule has 0 bridgehead atoms. The number of alkyl halides is 1. The normalized spacial score (nSPS) is 32.9. The summed E-state index contributed by atoms with van der Waals surface area (Å²) in [5, 5.41) is 28.6. The molecule has 8 nitrogen and oxygen atoms in total. The summed E-state index contributed by atoms with van der Waals surface area (Å²) < 4.78 is 6.34. The van der Waals surface area contributed by atoms with Gasteiger partial charge in [0.05, 0.1) is 12.0 Å². The maximum Gasteiger partial charge on any atom is 0.436 e. The van der Waals surface area contributed by atoms with E-state index in [0.29, 0.717) is 0 Å². The molecule has 1 aromatic heterocycles. The van der Waals surface area contributed by atoms with Crippen molar-refractivity contribution in [2.24, 2.45) is 0 Å². The molecule has 2 heterocycles. The second-order valence-corrected chi connectivity index (χ2v) is 4.08. The molecule has 94 valence electrons. The molecule has 0 aromatic carbocycles. The van der Waals surface area contributed by atoms with Crippen molar-refractivity contribution in [1.82, 2.24) is 9.55 Å². The van der Waals surface area contributed by atoms with Crippen LogP contribution in [0.3, 0.4) is 0 Å². The van der Waals surface area contributed by atoms with Crippen molar-refractivity contribution in [2.75, 3.05) is 6.61 Å². The summed E-state index contributed by atoms with van der Waals surface area (Å²) in [6.07, 6.45) is -0.392. The highest BCUT2D eigenvalue weighted by molar-refractivity contribution is 6.21. The quantitative estimate of drug-likeness (QED) is 0.438. The Morgan fingerprint density at radius 2 is 2.41 bits per heavy atom. The number of rotatable bonds is 3. The van der Waals surface area contributed by atoms with Gasteiger partial charge in [-0.15, -0.1) is 11.6 Å². The summed E-state index contributed by atoms with van der Waals surface area (Å²) in [6, 6.07) is 0. The highest BCUT2D eigenvalue weighted by Gasteiger charge is 2.46. The van der Waals surface area contributed by atoms with Crippen LogP contribution in [0.4, 0.5) is 5.95 Å². The van der Waals surface area contributed by atoms with Gasteiger partial charge < -0.3 is 25.1 Å². The third-order valence-corrected chi connectivity index (χ3v) is 3.09. The van der Waals surface area contributed by atoms with Gasteiger partial charge in [-0.1, -0.05) is 4.98 Å². The van der Waals surface area contributed by atoms with Crippen molar-refractivity contribution < 1.29 is 19.9 Å². The van der Waals surface area contributed by atoms with E-state index in [1.54, 1.807) is 0 Å². The first-order valence-electron chi connectivity index (χ1n) is 4.82. The first-order valence-corrected chi connectivity index (χ1v) is 5.25. The van der Waals surface area contributed by atoms with Crippen LogP contribution in [0.1, 0.15) is 6.23 Å². The van der Waals surface area contributed by atoms with Crippen LogP contribution in [-0.4, -0.2) is 48.9 Å². The summed E-state index contributed by atoms with van der Waals surface area (Å²) >= 11 is 5.83. The zero-order valence-electron chi connectivity index (χ0n) is 8.51. The highest BCUT2D eigenvalue weighted by Crippen LogP contribution is 2.34. The van der Waals surface area contributed by atoms with E-state index in [1.807, 2.05) is 0 Å². The predicted molar refractivity (Wildman–Crippen MR) is 55.5 cm³/mol. The minimum Gasteiger partial charge on any atom is -0.394 e. The van der Waals surface area contributed by atoms with Gasteiger partial charge in [0.2, 0.25) is 6.23 Å². The van der Waals surface area contributed by atoms with Crippen LogP contribution in [0.15, 0.2) is 12.4 Å². The zero-order valence-corrected chi connectivity index (χ0v) is 9.27. The van der Waals surface area contributed by atoms with E-state index in [2.05, 4.69) is 4.98 Å². The monoisotopic (exact) mass is 263 g/mol. The maximum absolute atomic E-state index is 10.7. The Morgan fingerprint density at radius 1 is 1.71 bits per heavy atom. The van der Waals surface area contributed by atoms with E-state index < -0.39 is 34.7 Å². The number of nitrogens with zero attached hydrogens (tertiary/aromatic N) is 3. The molecule has 1 unspecified atom stereocenters. The molecule has 0 saturated carbocycles. The van der Waals surface area contributed by atoms with Crippen LogP contribution in [-0.2, 0) is 4.74 Å². The first-order chi connectivity index (χ1) is 8.06. The molecular weight excluding hydrogens is 254 g/mol. The third kappa shape index (κ3) is 2.00. The van der Waals surface area contributed by atoms with Gasteiger partial charge in [-0.25, -0.2) is 0 Å². The van der Waals surface area contributed by atoms with Gasteiger partial charge in [-0.3, -0.25) is 0 Å². The van der Waals surface area contributed by atoms with Gasteiger partial charge in [0, 0.05) is 0 Å². The molecule has 9 heteroatoms. The molecule has 0 spiro atoms. The SMILES string of the molecule is O=[N+]([O-])c1nccn1C1O[C@H](CO)[C@@H](Cl)[C@H]1O. The lowest BCUT2D eigenvalue weighted by Gasteiger charge is -2.13. The Morgan fingerprint density at radius 3 is 2.94 bits per heavy atom. The van der Waals surface area contributed by atoms with Crippen molar-refractivity contribution >= 4 is 17.5 Å². The molecule has 2 N–H and O–H groups in total. The molecular formula is C8H10ClN3O5. The molecule has 0 amide bonds. The smallest absolute Gasteiger partial charge is 0.394 e. The molecule has 17 heavy (non-hydrogen) atoms. The number of hydrogen-bond acceptors (Lipinski definition) is 6. The number of aliphatic hydroxyl groups is 2. The average Bonchev–Trinajstić information content (AvgIpc) is 2.86. The van der Waals surface area contributed by atoms with Gasteiger partial charge in [0.15, 0.2) is 0 Å². The second kappa shape index (κ2) is 4.57. The molecule has 1 aliphatic rings. The summed E-state index contributed by atoms with van der Waals surface area (Å²) in [7, 11) is 0. The Bertz CT molecular complexity index is 425. The summed E-state index contributed by atoms with van der Waals surface area (Å²) in [6.45, 7) is -0.371. The second-order valence-electron chi connectivity index (χ2n) is 3.57. The Kier molecular flexibility index (Phi) is 3.29. The zero-order chi connectivity index (χ0) is 12.6. The molecule has 4 atom stereocenters. The molecule has 1 aromatic rings. The molecule has 1 saturated heterocycles. The largest absolute Gasteiger partial charge is 0.436 e. The molecule has 1 fully saturated rings. The Labute approximate surface area is 101 Å². The lowest BCUT2D eigenvalue weighted by molar-refractivity contribution is -0.398. The number of halogens is 1. The van der Waals surface area contributed by atoms with Crippen LogP contribution in [0.25, 0.3) is 0 Å². The fraction of sp³-hybridized carbons (Fsp3) is 0.625. The van der Waals surface area contributed by atoms with Crippen molar-refractivity contribution in [3.63, 3.8) is 0 Å². The summed E-state index contributed by atoms with van der Waals surface area (Å²) in [5.41, 5.74) is 0.